The Balaban J connectivity index is 1.48. The normalized spacial score (nSPS) is 28.0. The Kier molecular flexibility index (Phi) is 13.1. The SMILES string of the molecule is CC(C)(OC(=O)C1C(C(=O)OC(C)(C)C2CC[NH2+]CC2)C(C(=O)OC(C)(C)C2CC[NH2+]CC2)C1C(=O)OC(C)(C)C1CC[NH2+]CC1)C1CCCCC1. The van der Waals surface area contributed by atoms with Crippen LogP contribution in [0.25, 0.3) is 0 Å². The number of carbonyl (C=O) groups is 4. The number of rotatable bonds is 12. The van der Waals surface area contributed by atoms with Crippen molar-refractivity contribution in [1.82, 2.24) is 0 Å². The molecule has 2 saturated carbocycles. The minimum absolute atomic E-state index is 0.137. The van der Waals surface area contributed by atoms with E-state index < -0.39 is 70.0 Å². The van der Waals surface area contributed by atoms with Crippen molar-refractivity contribution in [1.29, 1.82) is 0 Å². The summed E-state index contributed by atoms with van der Waals surface area (Å²) in [5.74, 6) is -6.89. The van der Waals surface area contributed by atoms with Gasteiger partial charge in [-0.15, -0.1) is 0 Å². The number of esters is 4. The van der Waals surface area contributed by atoms with Gasteiger partial charge in [0, 0.05) is 56.3 Å². The smallest absolute Gasteiger partial charge is 0.311 e. The molecule has 3 heterocycles. The lowest BCUT2D eigenvalue weighted by Crippen LogP contribution is -2.86. The monoisotopic (exact) mass is 735 g/mol. The number of carbonyl (C=O) groups excluding carboxylic acids is 4. The van der Waals surface area contributed by atoms with E-state index in [-0.39, 0.29) is 23.7 Å². The van der Waals surface area contributed by atoms with Gasteiger partial charge < -0.3 is 34.9 Å². The molecule has 296 valence electrons. The van der Waals surface area contributed by atoms with Gasteiger partial charge in [-0.25, -0.2) is 0 Å². The fourth-order valence-electron chi connectivity index (χ4n) is 10.2. The fraction of sp³-hybridized carbons (Fsp3) is 0.902. The first-order chi connectivity index (χ1) is 24.4. The van der Waals surface area contributed by atoms with E-state index in [9.17, 15) is 19.2 Å². The number of hydrogen-bond acceptors (Lipinski definition) is 8. The highest BCUT2D eigenvalue weighted by Crippen LogP contribution is 2.52. The zero-order valence-electron chi connectivity index (χ0n) is 33.6. The van der Waals surface area contributed by atoms with Gasteiger partial charge in [0.15, 0.2) is 0 Å². The van der Waals surface area contributed by atoms with Gasteiger partial charge >= 0.3 is 23.9 Å². The van der Waals surface area contributed by atoms with Crippen LogP contribution in [-0.4, -0.2) is 85.5 Å². The van der Waals surface area contributed by atoms with Gasteiger partial charge in [-0.1, -0.05) is 19.3 Å². The maximum Gasteiger partial charge on any atom is 0.311 e. The van der Waals surface area contributed by atoms with Crippen LogP contribution in [0.1, 0.15) is 126 Å². The third-order valence-electron chi connectivity index (χ3n) is 13.9. The van der Waals surface area contributed by atoms with Crippen molar-refractivity contribution in [3.05, 3.63) is 0 Å². The second-order valence-electron chi connectivity index (χ2n) is 19.0. The summed E-state index contributed by atoms with van der Waals surface area (Å²) >= 11 is 0. The van der Waals surface area contributed by atoms with Gasteiger partial charge in [0.25, 0.3) is 0 Å². The molecule has 0 bridgehead atoms. The fourth-order valence-corrected chi connectivity index (χ4v) is 10.2. The zero-order chi connectivity index (χ0) is 37.9. The standard InChI is InChI=1S/C41H69N3O8/c1-38(2,26-12-10-9-11-13-26)49-34(45)30-31(35(46)50-39(3,4)27-14-20-42-21-15-27)33(37(48)52-41(7,8)29-18-24-44-25-19-29)32(30)36(47)51-40(5,6)28-16-22-43-23-17-28/h26-33,42-44H,9-25H2,1-8H3/p+3. The van der Waals surface area contributed by atoms with Crippen LogP contribution in [0.15, 0.2) is 0 Å². The van der Waals surface area contributed by atoms with Gasteiger partial charge in [0.1, 0.15) is 22.4 Å². The molecule has 0 aromatic carbocycles. The van der Waals surface area contributed by atoms with Crippen LogP contribution in [0, 0.1) is 47.3 Å². The van der Waals surface area contributed by atoms with E-state index in [2.05, 4.69) is 16.0 Å². The van der Waals surface area contributed by atoms with Gasteiger partial charge in [-0.05, 0) is 74.1 Å². The third kappa shape index (κ3) is 9.34. The second kappa shape index (κ2) is 16.6. The van der Waals surface area contributed by atoms with Crippen molar-refractivity contribution in [2.45, 2.75) is 148 Å². The van der Waals surface area contributed by atoms with Crippen LogP contribution in [0.3, 0.4) is 0 Å². The summed E-state index contributed by atoms with van der Waals surface area (Å²) in [4.78, 5) is 58.2. The van der Waals surface area contributed by atoms with Gasteiger partial charge in [0.2, 0.25) is 0 Å². The summed E-state index contributed by atoms with van der Waals surface area (Å²) in [6, 6.07) is 0. The lowest BCUT2D eigenvalue weighted by Gasteiger charge is -2.50. The largest absolute Gasteiger partial charge is 0.459 e. The highest BCUT2D eigenvalue weighted by Gasteiger charge is 2.68. The molecule has 5 rings (SSSR count). The van der Waals surface area contributed by atoms with E-state index in [1.54, 1.807) is 0 Å². The van der Waals surface area contributed by atoms with Crippen molar-refractivity contribution in [2.75, 3.05) is 39.3 Å². The number of piperidine rings is 3. The molecule has 0 radical (unpaired) electrons. The molecule has 0 spiro atoms. The lowest BCUT2D eigenvalue weighted by atomic mass is 9.56. The highest BCUT2D eigenvalue weighted by atomic mass is 16.6. The number of nitrogens with two attached hydrogens (primary N) is 3. The van der Waals surface area contributed by atoms with Crippen LogP contribution >= 0.6 is 0 Å². The Morgan fingerprint density at radius 3 is 0.808 bits per heavy atom. The molecule has 5 fully saturated rings. The molecule has 2 unspecified atom stereocenters. The maximum absolute atomic E-state index is 14.5. The van der Waals surface area contributed by atoms with E-state index in [1.807, 2.05) is 55.4 Å². The molecule has 11 heteroatoms. The van der Waals surface area contributed by atoms with Crippen molar-refractivity contribution >= 4 is 23.9 Å². The molecular formula is C41H72N3O8+3. The van der Waals surface area contributed by atoms with Gasteiger partial charge in [0.05, 0.1) is 62.9 Å². The Bertz CT molecular complexity index is 1060. The van der Waals surface area contributed by atoms with Crippen LogP contribution in [-0.2, 0) is 38.1 Å². The van der Waals surface area contributed by atoms with Crippen LogP contribution in [0.2, 0.25) is 0 Å². The van der Waals surface area contributed by atoms with Crippen molar-refractivity contribution in [2.24, 2.45) is 47.3 Å². The van der Waals surface area contributed by atoms with Gasteiger partial charge in [-0.3, -0.25) is 19.2 Å². The first-order valence-electron chi connectivity index (χ1n) is 20.8. The minimum atomic E-state index is -1.23. The summed E-state index contributed by atoms with van der Waals surface area (Å²) in [5.41, 5.74) is -3.27. The molecule has 5 aliphatic rings. The summed E-state index contributed by atoms with van der Waals surface area (Å²) < 4.78 is 25.3. The molecule has 0 amide bonds. The van der Waals surface area contributed by atoms with E-state index in [1.165, 1.54) is 0 Å². The second-order valence-corrected chi connectivity index (χ2v) is 19.0. The van der Waals surface area contributed by atoms with Crippen LogP contribution < -0.4 is 16.0 Å². The summed E-state index contributed by atoms with van der Waals surface area (Å²) in [5, 5.41) is 6.80. The average Bonchev–Trinajstić information content (AvgIpc) is 3.08. The average molecular weight is 735 g/mol. The molecule has 0 aromatic rings. The molecule has 3 saturated heterocycles. The Hall–Kier alpha value is -2.24. The predicted octanol–water partition coefficient (Wildman–Crippen LogP) is 2.25. The Labute approximate surface area is 312 Å². The number of quaternary nitrogens is 3. The number of hydrogen-bond donors (Lipinski definition) is 3. The summed E-state index contributed by atoms with van der Waals surface area (Å²) in [7, 11) is 0. The van der Waals surface area contributed by atoms with E-state index in [4.69, 9.17) is 18.9 Å². The molecular weight excluding hydrogens is 662 g/mol. The van der Waals surface area contributed by atoms with E-state index >= 15 is 0 Å². The first kappa shape index (κ1) is 40.9. The van der Waals surface area contributed by atoms with Crippen molar-refractivity contribution < 1.29 is 54.1 Å². The molecule has 2 atom stereocenters. The molecule has 6 N–H and O–H groups in total. The van der Waals surface area contributed by atoms with E-state index in [0.29, 0.717) is 0 Å². The van der Waals surface area contributed by atoms with Crippen LogP contribution in [0.4, 0.5) is 0 Å². The lowest BCUT2D eigenvalue weighted by molar-refractivity contribution is -0.666. The zero-order valence-corrected chi connectivity index (χ0v) is 33.6. The minimum Gasteiger partial charge on any atom is -0.459 e. The van der Waals surface area contributed by atoms with Crippen LogP contribution in [0.5, 0.6) is 0 Å². The maximum atomic E-state index is 14.5. The highest BCUT2D eigenvalue weighted by molar-refractivity contribution is 5.98. The number of ether oxygens (including phenoxy) is 4. The molecule has 2 aliphatic carbocycles. The summed E-state index contributed by atoms with van der Waals surface area (Å²) in [6.07, 6.45) is 10.6. The molecule has 3 aliphatic heterocycles. The molecule has 0 aromatic heterocycles. The predicted molar refractivity (Wildman–Crippen MR) is 194 cm³/mol. The third-order valence-corrected chi connectivity index (χ3v) is 13.9. The van der Waals surface area contributed by atoms with Crippen molar-refractivity contribution in [3.63, 3.8) is 0 Å². The van der Waals surface area contributed by atoms with Crippen molar-refractivity contribution in [3.8, 4) is 0 Å². The quantitative estimate of drug-likeness (QED) is 0.204. The first-order valence-corrected chi connectivity index (χ1v) is 20.8. The molecule has 52 heavy (non-hydrogen) atoms. The molecule has 11 nitrogen and oxygen atoms in total. The van der Waals surface area contributed by atoms with E-state index in [0.717, 1.165) is 110 Å². The Morgan fingerprint density at radius 2 is 0.577 bits per heavy atom. The topological polar surface area (TPSA) is 155 Å². The summed E-state index contributed by atoms with van der Waals surface area (Å²) in [6.45, 7) is 21.1. The Morgan fingerprint density at radius 1 is 0.365 bits per heavy atom. The van der Waals surface area contributed by atoms with Gasteiger partial charge in [-0.2, -0.15) is 0 Å².